The highest BCUT2D eigenvalue weighted by Gasteiger charge is 2.54. The van der Waals surface area contributed by atoms with Crippen molar-refractivity contribution in [3.05, 3.63) is 65.2 Å². The molecule has 3 aromatic carbocycles. The predicted molar refractivity (Wildman–Crippen MR) is 140 cm³/mol. The summed E-state index contributed by atoms with van der Waals surface area (Å²) in [5, 5.41) is 10.1. The molecule has 3 aromatic rings. The number of Topliss-reactive ketones (excluding diaryl/α,β-unsaturated/α-hetero) is 2. The number of aryl methyl sites for hydroxylation is 2. The van der Waals surface area contributed by atoms with Crippen molar-refractivity contribution in [2.75, 3.05) is 36.4 Å². The topological polar surface area (TPSA) is 61.4 Å². The largest absolute Gasteiger partial charge is 0.458 e. The Kier molecular flexibility index (Phi) is 7.28. The number of hydrogen-bond acceptors (Lipinski definition) is 5. The van der Waals surface area contributed by atoms with Crippen molar-refractivity contribution >= 4 is 39.4 Å². The second-order valence-corrected chi connectivity index (χ2v) is 10.4. The Hall–Kier alpha value is -3.60. The van der Waals surface area contributed by atoms with Gasteiger partial charge < -0.3 is 15.5 Å². The van der Waals surface area contributed by atoms with Crippen LogP contribution in [0.15, 0.2) is 48.5 Å². The smallest absolute Gasteiger partial charge is 0.371 e. The van der Waals surface area contributed by atoms with E-state index >= 15 is 0 Å². The molecule has 0 aromatic heterocycles. The lowest BCUT2D eigenvalue weighted by Gasteiger charge is -2.42. The molecule has 6 rings (SSSR count). The van der Waals surface area contributed by atoms with Crippen LogP contribution in [0.3, 0.4) is 0 Å². The SMILES string of the molecule is Cc1ccc2ccccc2c1Nc1cc2c3c(c1)[C@@H]1CNC[C@@H]1CN3CCC2.O=C(C(=O)C(F)(F)F)C(F)(F)F. The Bertz CT molecular complexity index is 1440. The zero-order chi connectivity index (χ0) is 28.8. The summed E-state index contributed by atoms with van der Waals surface area (Å²) in [4.78, 5) is 21.9. The van der Waals surface area contributed by atoms with E-state index in [1.807, 2.05) is 0 Å². The Morgan fingerprint density at radius 2 is 1.65 bits per heavy atom. The van der Waals surface area contributed by atoms with Crippen LogP contribution in [0.2, 0.25) is 0 Å². The van der Waals surface area contributed by atoms with E-state index in [-0.39, 0.29) is 0 Å². The van der Waals surface area contributed by atoms with E-state index in [0.29, 0.717) is 5.92 Å². The van der Waals surface area contributed by atoms with Gasteiger partial charge in [0.25, 0.3) is 0 Å². The molecule has 5 nitrogen and oxygen atoms in total. The molecule has 3 heterocycles. The quantitative estimate of drug-likeness (QED) is 0.293. The van der Waals surface area contributed by atoms with Crippen LogP contribution in [-0.2, 0) is 16.0 Å². The highest BCUT2D eigenvalue weighted by molar-refractivity contribution is 6.41. The van der Waals surface area contributed by atoms with Gasteiger partial charge in [0.2, 0.25) is 0 Å². The maximum Gasteiger partial charge on any atom is 0.458 e. The summed E-state index contributed by atoms with van der Waals surface area (Å²) in [5.41, 5.74) is 8.45. The molecule has 40 heavy (non-hydrogen) atoms. The predicted octanol–water partition coefficient (Wildman–Crippen LogP) is 6.21. The van der Waals surface area contributed by atoms with Crippen molar-refractivity contribution in [1.29, 1.82) is 0 Å². The number of rotatable bonds is 3. The highest BCUT2D eigenvalue weighted by Crippen LogP contribution is 2.46. The number of carbonyl (C=O) groups is 2. The van der Waals surface area contributed by atoms with Gasteiger partial charge in [-0.15, -0.1) is 0 Å². The van der Waals surface area contributed by atoms with E-state index in [2.05, 4.69) is 71.0 Å². The second kappa shape index (κ2) is 10.4. The van der Waals surface area contributed by atoms with Gasteiger partial charge in [-0.3, -0.25) is 9.59 Å². The first-order valence-electron chi connectivity index (χ1n) is 12.9. The lowest BCUT2D eigenvalue weighted by molar-refractivity contribution is -0.193. The van der Waals surface area contributed by atoms with Gasteiger partial charge in [0.15, 0.2) is 0 Å². The third-order valence-corrected chi connectivity index (χ3v) is 7.73. The standard InChI is InChI=1S/C25H27N3.C4F6O2/c1-16-8-9-17-5-2-3-7-21(17)24(16)27-20-11-18-6-4-10-28-15-19-13-26-14-23(19)22(12-20)25(18)28;5-3(6,7)1(11)2(12)4(8,9)10/h2-3,5,7-9,11-12,19,23,26-27H,4,6,10,13-15H2,1H3;/t19-,23-;/m1./s1. The molecule has 1 saturated heterocycles. The van der Waals surface area contributed by atoms with Crippen LogP contribution in [0.5, 0.6) is 0 Å². The van der Waals surface area contributed by atoms with Gasteiger partial charge in [-0.05, 0) is 59.9 Å². The Balaban J connectivity index is 0.000000230. The third-order valence-electron chi connectivity index (χ3n) is 7.73. The Morgan fingerprint density at radius 1 is 0.950 bits per heavy atom. The maximum absolute atomic E-state index is 11.2. The molecular formula is C29H27F6N3O2. The fraction of sp³-hybridized carbons (Fsp3) is 0.379. The van der Waals surface area contributed by atoms with Gasteiger partial charge in [-0.1, -0.05) is 36.4 Å². The molecule has 3 aliphatic rings. The van der Waals surface area contributed by atoms with Crippen LogP contribution in [-0.4, -0.2) is 50.1 Å². The minimum atomic E-state index is -5.77. The van der Waals surface area contributed by atoms with E-state index in [1.165, 1.54) is 59.2 Å². The molecule has 1 fully saturated rings. The first-order chi connectivity index (χ1) is 18.8. The number of benzene rings is 3. The van der Waals surface area contributed by atoms with Crippen LogP contribution in [0.1, 0.15) is 29.0 Å². The highest BCUT2D eigenvalue weighted by atomic mass is 19.4. The molecule has 0 bridgehead atoms. The maximum atomic E-state index is 11.2. The number of carbonyl (C=O) groups excluding carboxylic acids is 2. The van der Waals surface area contributed by atoms with E-state index in [1.54, 1.807) is 11.3 Å². The molecule has 0 radical (unpaired) electrons. The number of halogens is 6. The number of anilines is 3. The first-order valence-corrected chi connectivity index (χ1v) is 12.9. The van der Waals surface area contributed by atoms with E-state index < -0.39 is 23.9 Å². The van der Waals surface area contributed by atoms with Gasteiger partial charge >= 0.3 is 23.9 Å². The zero-order valence-electron chi connectivity index (χ0n) is 21.5. The van der Waals surface area contributed by atoms with Crippen LogP contribution >= 0.6 is 0 Å². The summed E-state index contributed by atoms with van der Waals surface area (Å²) in [7, 11) is 0. The van der Waals surface area contributed by atoms with Crippen LogP contribution in [0.4, 0.5) is 43.4 Å². The number of alkyl halides is 6. The number of nitrogens with one attached hydrogen (secondary N) is 2. The zero-order valence-corrected chi connectivity index (χ0v) is 21.5. The summed E-state index contributed by atoms with van der Waals surface area (Å²) >= 11 is 0. The number of ketones is 2. The van der Waals surface area contributed by atoms with Gasteiger partial charge in [0.1, 0.15) is 0 Å². The van der Waals surface area contributed by atoms with Crippen molar-refractivity contribution < 1.29 is 35.9 Å². The minimum Gasteiger partial charge on any atom is -0.371 e. The normalized spacial score (nSPS) is 19.8. The van der Waals surface area contributed by atoms with Gasteiger partial charge in [0, 0.05) is 54.5 Å². The van der Waals surface area contributed by atoms with E-state index in [9.17, 15) is 35.9 Å². The summed E-state index contributed by atoms with van der Waals surface area (Å²) in [5.74, 6) is -5.39. The van der Waals surface area contributed by atoms with Gasteiger partial charge in [0.05, 0.1) is 0 Å². The summed E-state index contributed by atoms with van der Waals surface area (Å²) < 4.78 is 67.0. The average molecular weight is 564 g/mol. The molecule has 0 unspecified atom stereocenters. The van der Waals surface area contributed by atoms with E-state index in [0.717, 1.165) is 19.0 Å². The van der Waals surface area contributed by atoms with Crippen LogP contribution in [0.25, 0.3) is 10.8 Å². The molecular weight excluding hydrogens is 536 g/mol. The number of fused-ring (bicyclic) bond motifs is 3. The molecule has 0 aliphatic carbocycles. The van der Waals surface area contributed by atoms with Gasteiger partial charge in [-0.25, -0.2) is 0 Å². The molecule has 0 spiro atoms. The number of hydrogen-bond donors (Lipinski definition) is 2. The van der Waals surface area contributed by atoms with Crippen molar-refractivity contribution in [2.45, 2.75) is 38.0 Å². The fourth-order valence-corrected chi connectivity index (χ4v) is 5.92. The second-order valence-electron chi connectivity index (χ2n) is 10.4. The molecule has 2 N–H and O–H groups in total. The third kappa shape index (κ3) is 5.39. The van der Waals surface area contributed by atoms with Gasteiger partial charge in [-0.2, -0.15) is 26.3 Å². The molecule has 0 saturated carbocycles. The molecule has 212 valence electrons. The van der Waals surface area contributed by atoms with Crippen molar-refractivity contribution in [3.8, 4) is 0 Å². The summed E-state index contributed by atoms with van der Waals surface area (Å²) in [6.45, 7) is 6.94. The summed E-state index contributed by atoms with van der Waals surface area (Å²) in [6, 6.07) is 18.0. The lowest BCUT2D eigenvalue weighted by atomic mass is 9.80. The minimum absolute atomic E-state index is 0.665. The first kappa shape index (κ1) is 27.9. The monoisotopic (exact) mass is 563 g/mol. The van der Waals surface area contributed by atoms with E-state index in [4.69, 9.17) is 0 Å². The number of nitrogens with zero attached hydrogens (tertiary/aromatic N) is 1. The molecule has 3 aliphatic heterocycles. The van der Waals surface area contributed by atoms with Crippen molar-refractivity contribution in [3.63, 3.8) is 0 Å². The van der Waals surface area contributed by atoms with Crippen molar-refractivity contribution in [2.24, 2.45) is 5.92 Å². The van der Waals surface area contributed by atoms with Crippen LogP contribution in [0, 0.1) is 12.8 Å². The fourth-order valence-electron chi connectivity index (χ4n) is 5.92. The Labute approximate surface area is 226 Å². The van der Waals surface area contributed by atoms with Crippen LogP contribution < -0.4 is 15.5 Å². The van der Waals surface area contributed by atoms with Crippen molar-refractivity contribution in [1.82, 2.24) is 5.32 Å². The molecule has 2 atom stereocenters. The molecule has 0 amide bonds. The average Bonchev–Trinajstić information content (AvgIpc) is 3.38. The molecule has 11 heteroatoms. The summed E-state index contributed by atoms with van der Waals surface area (Å²) in [6.07, 6.45) is -9.07. The lowest BCUT2D eigenvalue weighted by Crippen LogP contribution is -2.41. The Morgan fingerprint density at radius 3 is 2.35 bits per heavy atom.